The maximum atomic E-state index is 11.9. The molecule has 1 aromatic rings. The van der Waals surface area contributed by atoms with Crippen LogP contribution in [0.4, 0.5) is 5.69 Å². The van der Waals surface area contributed by atoms with Gasteiger partial charge in [-0.15, -0.1) is 0 Å². The Bertz CT molecular complexity index is 500. The number of anilines is 1. The van der Waals surface area contributed by atoms with Gasteiger partial charge in [0.15, 0.2) is 0 Å². The third-order valence-corrected chi connectivity index (χ3v) is 2.36. The average Bonchev–Trinajstić information content (AvgIpc) is 2.18. The van der Waals surface area contributed by atoms with Crippen LogP contribution < -0.4 is 5.73 Å². The lowest BCUT2D eigenvalue weighted by atomic mass is 10.0. The highest BCUT2D eigenvalue weighted by atomic mass is 16.6. The van der Waals surface area contributed by atoms with Crippen molar-refractivity contribution in [1.82, 2.24) is 0 Å². The Kier molecular flexibility index (Phi) is 3.65. The number of hydrogen-bond acceptors (Lipinski definition) is 4. The number of carboxylic acid groups (broad SMARTS) is 1. The zero-order valence-electron chi connectivity index (χ0n) is 10.9. The summed E-state index contributed by atoms with van der Waals surface area (Å²) in [5.74, 6) is -1.63. The van der Waals surface area contributed by atoms with E-state index in [0.717, 1.165) is 0 Å². The first-order valence-electron chi connectivity index (χ1n) is 5.49. The molecule has 98 valence electrons. The SMILES string of the molecule is Cc1c(C(=O)O)ccc(C(=O)OC(C)(C)C)c1N. The lowest BCUT2D eigenvalue weighted by molar-refractivity contribution is 0.00703. The lowest BCUT2D eigenvalue weighted by Gasteiger charge is -2.20. The number of ether oxygens (including phenoxy) is 1. The summed E-state index contributed by atoms with van der Waals surface area (Å²) in [7, 11) is 0. The maximum Gasteiger partial charge on any atom is 0.340 e. The van der Waals surface area contributed by atoms with Crippen LogP contribution in [0.15, 0.2) is 12.1 Å². The summed E-state index contributed by atoms with van der Waals surface area (Å²) in [6, 6.07) is 2.73. The number of benzene rings is 1. The van der Waals surface area contributed by atoms with Gasteiger partial charge in [0.2, 0.25) is 0 Å². The van der Waals surface area contributed by atoms with E-state index < -0.39 is 17.5 Å². The quantitative estimate of drug-likeness (QED) is 0.621. The van der Waals surface area contributed by atoms with Crippen molar-refractivity contribution in [2.45, 2.75) is 33.3 Å². The Morgan fingerprint density at radius 3 is 2.17 bits per heavy atom. The minimum absolute atomic E-state index is 0.0832. The molecule has 0 aliphatic rings. The van der Waals surface area contributed by atoms with Gasteiger partial charge in [-0.05, 0) is 45.4 Å². The zero-order valence-corrected chi connectivity index (χ0v) is 10.9. The molecule has 0 saturated heterocycles. The van der Waals surface area contributed by atoms with Gasteiger partial charge < -0.3 is 15.6 Å². The molecular formula is C13H17NO4. The summed E-state index contributed by atoms with van der Waals surface area (Å²) in [6.07, 6.45) is 0. The average molecular weight is 251 g/mol. The van der Waals surface area contributed by atoms with Crippen LogP contribution >= 0.6 is 0 Å². The number of carbonyl (C=O) groups excluding carboxylic acids is 1. The number of nitrogen functional groups attached to an aromatic ring is 1. The number of nitrogens with two attached hydrogens (primary N) is 1. The van der Waals surface area contributed by atoms with Crippen LogP contribution in [0.1, 0.15) is 47.1 Å². The lowest BCUT2D eigenvalue weighted by Crippen LogP contribution is -2.24. The highest BCUT2D eigenvalue weighted by Gasteiger charge is 2.22. The summed E-state index contributed by atoms with van der Waals surface area (Å²) in [5, 5.41) is 8.93. The molecule has 0 aromatic heterocycles. The molecule has 0 aliphatic heterocycles. The number of aromatic carboxylic acids is 1. The van der Waals surface area contributed by atoms with Crippen LogP contribution in [0.25, 0.3) is 0 Å². The van der Waals surface area contributed by atoms with Gasteiger partial charge in [0, 0.05) is 5.69 Å². The molecule has 0 fully saturated rings. The summed E-state index contributed by atoms with van der Waals surface area (Å²) in [4.78, 5) is 22.8. The molecule has 5 nitrogen and oxygen atoms in total. The Hall–Kier alpha value is -2.04. The fraction of sp³-hybridized carbons (Fsp3) is 0.385. The fourth-order valence-electron chi connectivity index (χ4n) is 1.47. The molecule has 18 heavy (non-hydrogen) atoms. The van der Waals surface area contributed by atoms with Gasteiger partial charge in [0.05, 0.1) is 11.1 Å². The van der Waals surface area contributed by atoms with Gasteiger partial charge in [0.1, 0.15) is 5.60 Å². The van der Waals surface area contributed by atoms with E-state index in [2.05, 4.69) is 0 Å². The summed E-state index contributed by atoms with van der Waals surface area (Å²) in [5.41, 5.74) is 5.93. The summed E-state index contributed by atoms with van der Waals surface area (Å²) < 4.78 is 5.19. The summed E-state index contributed by atoms with van der Waals surface area (Å²) in [6.45, 7) is 6.81. The molecule has 0 atom stereocenters. The van der Waals surface area contributed by atoms with Crippen molar-refractivity contribution in [3.8, 4) is 0 Å². The van der Waals surface area contributed by atoms with Crippen LogP contribution in [0.2, 0.25) is 0 Å². The van der Waals surface area contributed by atoms with E-state index in [4.69, 9.17) is 15.6 Å². The molecule has 1 aromatic carbocycles. The Labute approximate surface area is 106 Å². The van der Waals surface area contributed by atoms with Gasteiger partial charge in [-0.25, -0.2) is 9.59 Å². The highest BCUT2D eigenvalue weighted by molar-refractivity contribution is 5.99. The second kappa shape index (κ2) is 4.68. The molecule has 0 bridgehead atoms. The standard InChI is InChI=1S/C13H17NO4/c1-7-8(11(15)16)5-6-9(10(7)14)12(17)18-13(2,3)4/h5-6H,14H2,1-4H3,(H,15,16). The van der Waals surface area contributed by atoms with E-state index >= 15 is 0 Å². The molecule has 0 saturated carbocycles. The van der Waals surface area contributed by atoms with E-state index in [9.17, 15) is 9.59 Å². The van der Waals surface area contributed by atoms with Crippen LogP contribution in [0.5, 0.6) is 0 Å². The molecule has 0 amide bonds. The first kappa shape index (κ1) is 14.0. The largest absolute Gasteiger partial charge is 0.478 e. The number of hydrogen-bond donors (Lipinski definition) is 2. The minimum atomic E-state index is -1.07. The highest BCUT2D eigenvalue weighted by Crippen LogP contribution is 2.23. The molecule has 0 aliphatic carbocycles. The van der Waals surface area contributed by atoms with E-state index in [-0.39, 0.29) is 16.8 Å². The molecule has 3 N–H and O–H groups in total. The van der Waals surface area contributed by atoms with Crippen LogP contribution in [0, 0.1) is 6.92 Å². The van der Waals surface area contributed by atoms with E-state index in [0.29, 0.717) is 5.56 Å². The maximum absolute atomic E-state index is 11.9. The molecule has 0 heterocycles. The number of carbonyl (C=O) groups is 2. The Balaban J connectivity index is 3.17. The van der Waals surface area contributed by atoms with Gasteiger partial charge >= 0.3 is 11.9 Å². The second-order valence-electron chi connectivity index (χ2n) is 5.01. The van der Waals surface area contributed by atoms with Crippen molar-refractivity contribution in [3.63, 3.8) is 0 Å². The van der Waals surface area contributed by atoms with Crippen molar-refractivity contribution >= 4 is 17.6 Å². The van der Waals surface area contributed by atoms with Crippen LogP contribution in [-0.4, -0.2) is 22.6 Å². The minimum Gasteiger partial charge on any atom is -0.478 e. The summed E-state index contributed by atoms with van der Waals surface area (Å²) >= 11 is 0. The molecule has 5 heteroatoms. The third-order valence-electron chi connectivity index (χ3n) is 2.36. The van der Waals surface area contributed by atoms with Gasteiger partial charge in [-0.2, -0.15) is 0 Å². The fourth-order valence-corrected chi connectivity index (χ4v) is 1.47. The number of carboxylic acids is 1. The number of esters is 1. The van der Waals surface area contributed by atoms with Crippen molar-refractivity contribution in [2.24, 2.45) is 0 Å². The Morgan fingerprint density at radius 1 is 1.22 bits per heavy atom. The van der Waals surface area contributed by atoms with Crippen molar-refractivity contribution in [3.05, 3.63) is 28.8 Å². The van der Waals surface area contributed by atoms with E-state index in [1.165, 1.54) is 12.1 Å². The van der Waals surface area contributed by atoms with E-state index in [1.54, 1.807) is 27.7 Å². The predicted octanol–water partition coefficient (Wildman–Crippen LogP) is 2.23. The van der Waals surface area contributed by atoms with Crippen LogP contribution in [0.3, 0.4) is 0 Å². The van der Waals surface area contributed by atoms with Crippen LogP contribution in [-0.2, 0) is 4.74 Å². The van der Waals surface area contributed by atoms with Gasteiger partial charge in [-0.3, -0.25) is 0 Å². The molecule has 0 unspecified atom stereocenters. The zero-order chi connectivity index (χ0) is 14.1. The molecule has 1 rings (SSSR count). The smallest absolute Gasteiger partial charge is 0.340 e. The van der Waals surface area contributed by atoms with Gasteiger partial charge in [0.25, 0.3) is 0 Å². The monoisotopic (exact) mass is 251 g/mol. The van der Waals surface area contributed by atoms with Crippen molar-refractivity contribution in [2.75, 3.05) is 5.73 Å². The molecular weight excluding hydrogens is 234 g/mol. The second-order valence-corrected chi connectivity index (χ2v) is 5.01. The Morgan fingerprint density at radius 2 is 1.72 bits per heavy atom. The van der Waals surface area contributed by atoms with Crippen molar-refractivity contribution in [1.29, 1.82) is 0 Å². The normalized spacial score (nSPS) is 11.1. The third kappa shape index (κ3) is 3.00. The van der Waals surface area contributed by atoms with Gasteiger partial charge in [-0.1, -0.05) is 0 Å². The first-order valence-corrected chi connectivity index (χ1v) is 5.49. The topological polar surface area (TPSA) is 89.6 Å². The van der Waals surface area contributed by atoms with Crippen molar-refractivity contribution < 1.29 is 19.4 Å². The predicted molar refractivity (Wildman–Crippen MR) is 67.7 cm³/mol. The van der Waals surface area contributed by atoms with E-state index in [1.807, 2.05) is 0 Å². The molecule has 0 radical (unpaired) electrons. The molecule has 0 spiro atoms. The first-order chi connectivity index (χ1) is 8.13. The number of rotatable bonds is 2.